The monoisotopic (exact) mass is 337 g/mol. The summed E-state index contributed by atoms with van der Waals surface area (Å²) in [5.41, 5.74) is 2.00. The van der Waals surface area contributed by atoms with Gasteiger partial charge in [0.25, 0.3) is 0 Å². The first kappa shape index (κ1) is 17.9. The maximum Gasteiger partial charge on any atom is 0.221 e. The Labute approximate surface area is 145 Å². The summed E-state index contributed by atoms with van der Waals surface area (Å²) in [6, 6.07) is 13.2. The lowest BCUT2D eigenvalue weighted by Gasteiger charge is -2.12. The molecule has 0 heterocycles. The molecule has 6 heteroatoms. The van der Waals surface area contributed by atoms with Crippen molar-refractivity contribution in [2.45, 2.75) is 13.8 Å². The molecule has 2 aromatic rings. The minimum atomic E-state index is -1.34. The fraction of sp³-hybridized carbons (Fsp3) is 0.105. The number of carbonyl (C=O) groups is 3. The maximum atomic E-state index is 11.6. The third kappa shape index (κ3) is 5.04. The van der Waals surface area contributed by atoms with Gasteiger partial charge in [0.05, 0.1) is 5.97 Å². The smallest absolute Gasteiger partial charge is 0.221 e. The van der Waals surface area contributed by atoms with Gasteiger partial charge >= 0.3 is 0 Å². The molecule has 0 aliphatic carbocycles. The molecule has 0 saturated carbocycles. The van der Waals surface area contributed by atoms with Gasteiger partial charge in [0, 0.05) is 30.8 Å². The summed E-state index contributed by atoms with van der Waals surface area (Å²) in [5.74, 6) is -1.81. The standard InChI is InChI=1S/C19H18N2O4/c1-12(22)20-16-9-7-14(8-10-16)17(19(24)25)11-15-5-3-4-6-18(15)21-13(2)23/h3-11H,1-2H3,(H,20,22)(H,21,23)(H,24,25)/p-1. The second kappa shape index (κ2) is 7.92. The van der Waals surface area contributed by atoms with Crippen LogP contribution < -0.4 is 15.7 Å². The Kier molecular flexibility index (Phi) is 5.68. The topological polar surface area (TPSA) is 98.3 Å². The van der Waals surface area contributed by atoms with Gasteiger partial charge in [-0.25, -0.2) is 0 Å². The number of para-hydroxylation sites is 1. The van der Waals surface area contributed by atoms with Gasteiger partial charge in [-0.1, -0.05) is 30.3 Å². The summed E-state index contributed by atoms with van der Waals surface area (Å²) in [6.45, 7) is 2.76. The van der Waals surface area contributed by atoms with E-state index >= 15 is 0 Å². The SMILES string of the molecule is CC(=O)Nc1ccc(C(=Cc2ccccc2NC(C)=O)C(=O)[O-])cc1. The molecular weight excluding hydrogens is 320 g/mol. The second-order valence-corrected chi connectivity index (χ2v) is 5.37. The highest BCUT2D eigenvalue weighted by atomic mass is 16.4. The lowest BCUT2D eigenvalue weighted by atomic mass is 10.0. The fourth-order valence-corrected chi connectivity index (χ4v) is 2.28. The van der Waals surface area contributed by atoms with E-state index in [2.05, 4.69) is 10.6 Å². The fourth-order valence-electron chi connectivity index (χ4n) is 2.28. The average Bonchev–Trinajstić information content (AvgIpc) is 2.53. The molecule has 0 saturated heterocycles. The molecule has 0 spiro atoms. The Morgan fingerprint density at radius 3 is 2.04 bits per heavy atom. The van der Waals surface area contributed by atoms with Crippen LogP contribution in [-0.2, 0) is 14.4 Å². The number of hydrogen-bond acceptors (Lipinski definition) is 4. The Hall–Kier alpha value is -3.41. The van der Waals surface area contributed by atoms with E-state index in [0.717, 1.165) is 0 Å². The van der Waals surface area contributed by atoms with E-state index in [1.807, 2.05) is 0 Å². The quantitative estimate of drug-likeness (QED) is 0.643. The first-order valence-corrected chi connectivity index (χ1v) is 7.54. The third-order valence-electron chi connectivity index (χ3n) is 3.31. The van der Waals surface area contributed by atoms with Crippen molar-refractivity contribution < 1.29 is 19.5 Å². The molecule has 2 rings (SSSR count). The van der Waals surface area contributed by atoms with Gasteiger partial charge in [0.15, 0.2) is 0 Å². The molecule has 0 fully saturated rings. The highest BCUT2D eigenvalue weighted by molar-refractivity contribution is 6.20. The van der Waals surface area contributed by atoms with Crippen molar-refractivity contribution in [3.63, 3.8) is 0 Å². The zero-order chi connectivity index (χ0) is 18.4. The average molecular weight is 337 g/mol. The molecule has 0 unspecified atom stereocenters. The van der Waals surface area contributed by atoms with Crippen molar-refractivity contribution in [3.05, 3.63) is 59.7 Å². The molecule has 0 radical (unpaired) electrons. The molecule has 0 aliphatic rings. The Morgan fingerprint density at radius 1 is 0.880 bits per heavy atom. The first-order chi connectivity index (χ1) is 11.9. The lowest BCUT2D eigenvalue weighted by molar-refractivity contribution is -0.295. The van der Waals surface area contributed by atoms with Gasteiger partial charge in [-0.3, -0.25) is 9.59 Å². The van der Waals surface area contributed by atoms with E-state index in [1.165, 1.54) is 19.9 Å². The summed E-state index contributed by atoms with van der Waals surface area (Å²) in [5, 5.41) is 16.8. The van der Waals surface area contributed by atoms with Crippen molar-refractivity contribution in [2.24, 2.45) is 0 Å². The zero-order valence-corrected chi connectivity index (χ0v) is 13.8. The van der Waals surface area contributed by atoms with Crippen LogP contribution in [0, 0.1) is 0 Å². The third-order valence-corrected chi connectivity index (χ3v) is 3.31. The van der Waals surface area contributed by atoms with E-state index in [1.54, 1.807) is 48.5 Å². The Morgan fingerprint density at radius 2 is 1.48 bits per heavy atom. The number of carboxylic acid groups (broad SMARTS) is 1. The van der Waals surface area contributed by atoms with Crippen LogP contribution in [0.25, 0.3) is 11.6 Å². The van der Waals surface area contributed by atoms with Crippen LogP contribution in [0.4, 0.5) is 11.4 Å². The van der Waals surface area contributed by atoms with Crippen LogP contribution >= 0.6 is 0 Å². The minimum absolute atomic E-state index is 0.0350. The summed E-state index contributed by atoms with van der Waals surface area (Å²) >= 11 is 0. The molecule has 0 aliphatic heterocycles. The summed E-state index contributed by atoms with van der Waals surface area (Å²) in [6.07, 6.45) is 1.44. The van der Waals surface area contributed by atoms with Crippen LogP contribution in [0.2, 0.25) is 0 Å². The number of amides is 2. The lowest BCUT2D eigenvalue weighted by Crippen LogP contribution is -2.23. The number of benzene rings is 2. The Bertz CT molecular complexity index is 839. The van der Waals surface area contributed by atoms with Crippen LogP contribution in [0.1, 0.15) is 25.0 Å². The van der Waals surface area contributed by atoms with Crippen molar-refractivity contribution in [2.75, 3.05) is 10.6 Å². The molecule has 0 bridgehead atoms. The van der Waals surface area contributed by atoms with Gasteiger partial charge in [-0.2, -0.15) is 0 Å². The number of anilines is 2. The van der Waals surface area contributed by atoms with Crippen molar-refractivity contribution in [1.82, 2.24) is 0 Å². The normalized spacial score (nSPS) is 10.9. The van der Waals surface area contributed by atoms with Crippen LogP contribution in [0.3, 0.4) is 0 Å². The van der Waals surface area contributed by atoms with Crippen molar-refractivity contribution in [3.8, 4) is 0 Å². The van der Waals surface area contributed by atoms with E-state index < -0.39 is 5.97 Å². The number of carboxylic acids is 1. The number of hydrogen-bond donors (Lipinski definition) is 2. The summed E-state index contributed by atoms with van der Waals surface area (Å²) in [4.78, 5) is 33.9. The number of carbonyl (C=O) groups excluding carboxylic acids is 3. The van der Waals surface area contributed by atoms with Gasteiger partial charge in [0.2, 0.25) is 11.8 Å². The van der Waals surface area contributed by atoms with Gasteiger partial charge < -0.3 is 20.5 Å². The molecule has 2 aromatic carbocycles. The maximum absolute atomic E-state index is 11.6. The number of aliphatic carboxylic acids is 1. The van der Waals surface area contributed by atoms with Crippen LogP contribution in [0.5, 0.6) is 0 Å². The molecule has 6 nitrogen and oxygen atoms in total. The molecule has 2 amide bonds. The van der Waals surface area contributed by atoms with Crippen molar-refractivity contribution in [1.29, 1.82) is 0 Å². The number of rotatable bonds is 5. The largest absolute Gasteiger partial charge is 0.545 e. The molecule has 0 aromatic heterocycles. The van der Waals surface area contributed by atoms with E-state index in [4.69, 9.17) is 0 Å². The van der Waals surface area contributed by atoms with Gasteiger partial charge in [-0.05, 0) is 35.4 Å². The second-order valence-electron chi connectivity index (χ2n) is 5.37. The molecular formula is C19H17N2O4-. The number of nitrogens with one attached hydrogen (secondary N) is 2. The molecule has 0 atom stereocenters. The highest BCUT2D eigenvalue weighted by Gasteiger charge is 2.07. The van der Waals surface area contributed by atoms with E-state index in [-0.39, 0.29) is 17.4 Å². The van der Waals surface area contributed by atoms with Crippen LogP contribution in [-0.4, -0.2) is 17.8 Å². The highest BCUT2D eigenvalue weighted by Crippen LogP contribution is 2.24. The Balaban J connectivity index is 2.42. The summed E-state index contributed by atoms with van der Waals surface area (Å²) in [7, 11) is 0. The molecule has 128 valence electrons. The predicted molar refractivity (Wildman–Crippen MR) is 94.4 cm³/mol. The predicted octanol–water partition coefficient (Wildman–Crippen LogP) is 1.89. The van der Waals surface area contributed by atoms with Crippen LogP contribution in [0.15, 0.2) is 48.5 Å². The van der Waals surface area contributed by atoms with Crippen molar-refractivity contribution >= 4 is 40.8 Å². The first-order valence-electron chi connectivity index (χ1n) is 7.54. The van der Waals surface area contributed by atoms with Gasteiger partial charge in [0.1, 0.15) is 0 Å². The molecule has 25 heavy (non-hydrogen) atoms. The van der Waals surface area contributed by atoms with E-state index in [9.17, 15) is 19.5 Å². The summed E-state index contributed by atoms with van der Waals surface area (Å²) < 4.78 is 0. The molecule has 2 N–H and O–H groups in total. The zero-order valence-electron chi connectivity index (χ0n) is 13.8. The van der Waals surface area contributed by atoms with E-state index in [0.29, 0.717) is 22.5 Å². The van der Waals surface area contributed by atoms with Gasteiger partial charge in [-0.15, -0.1) is 0 Å². The minimum Gasteiger partial charge on any atom is -0.545 e.